The molecular weight excluding hydrogens is 250 g/mol. The molecule has 1 N–H and O–H groups in total. The third-order valence-corrected chi connectivity index (χ3v) is 3.53. The van der Waals surface area contributed by atoms with E-state index in [-0.39, 0.29) is 6.04 Å². The number of nitrogens with one attached hydrogen (secondary N) is 1. The quantitative estimate of drug-likeness (QED) is 0.905. The Morgan fingerprint density at radius 2 is 1.50 bits per heavy atom. The summed E-state index contributed by atoms with van der Waals surface area (Å²) in [5, 5.41) is 3.37. The minimum absolute atomic E-state index is 0.159. The van der Waals surface area contributed by atoms with E-state index < -0.39 is 0 Å². The molecule has 2 rings (SSSR count). The number of benzene rings is 2. The Morgan fingerprint density at radius 1 is 0.900 bits per heavy atom. The first kappa shape index (κ1) is 14.4. The summed E-state index contributed by atoms with van der Waals surface area (Å²) in [5.74, 6) is 1.76. The van der Waals surface area contributed by atoms with Gasteiger partial charge in [0.05, 0.1) is 20.3 Å². The predicted octanol–water partition coefficient (Wildman–Crippen LogP) is 3.32. The van der Waals surface area contributed by atoms with Crippen LogP contribution in [0.4, 0.5) is 0 Å². The molecule has 0 aliphatic carbocycles. The molecular formula is C17H21NO2. The van der Waals surface area contributed by atoms with E-state index >= 15 is 0 Å². The number of rotatable bonds is 5. The van der Waals surface area contributed by atoms with E-state index in [9.17, 15) is 0 Å². The molecule has 2 aromatic carbocycles. The van der Waals surface area contributed by atoms with Crippen LogP contribution in [0.2, 0.25) is 0 Å². The minimum atomic E-state index is 0.159. The highest BCUT2D eigenvalue weighted by molar-refractivity contribution is 5.42. The monoisotopic (exact) mass is 271 g/mol. The Hall–Kier alpha value is -2.00. The van der Waals surface area contributed by atoms with E-state index in [0.717, 1.165) is 11.5 Å². The van der Waals surface area contributed by atoms with Gasteiger partial charge in [-0.15, -0.1) is 0 Å². The summed E-state index contributed by atoms with van der Waals surface area (Å²) >= 11 is 0. The van der Waals surface area contributed by atoms with Gasteiger partial charge in [-0.2, -0.15) is 0 Å². The fourth-order valence-electron chi connectivity index (χ4n) is 2.40. The number of methoxy groups -OCH3 is 2. The molecule has 0 spiro atoms. The Morgan fingerprint density at radius 3 is 2.00 bits per heavy atom. The Kier molecular flexibility index (Phi) is 4.64. The topological polar surface area (TPSA) is 30.5 Å². The zero-order valence-corrected chi connectivity index (χ0v) is 12.4. The highest BCUT2D eigenvalue weighted by Crippen LogP contribution is 2.28. The van der Waals surface area contributed by atoms with Crippen molar-refractivity contribution in [2.24, 2.45) is 0 Å². The smallest absolute Gasteiger partial charge is 0.119 e. The van der Waals surface area contributed by atoms with Crippen molar-refractivity contribution < 1.29 is 9.47 Å². The summed E-state index contributed by atoms with van der Waals surface area (Å²) in [6.07, 6.45) is 0. The Bertz CT molecular complexity index is 564. The first-order valence-corrected chi connectivity index (χ1v) is 6.65. The first-order chi connectivity index (χ1) is 9.69. The molecule has 0 aliphatic rings. The molecule has 0 saturated heterocycles. The van der Waals surface area contributed by atoms with Crippen LogP contribution in [-0.2, 0) is 0 Å². The highest BCUT2D eigenvalue weighted by atomic mass is 16.5. The molecule has 3 nitrogen and oxygen atoms in total. The SMILES string of the molecule is CNC(c1ccc(OC)cc1)c1ccc(OC)cc1C. The zero-order valence-electron chi connectivity index (χ0n) is 12.4. The zero-order chi connectivity index (χ0) is 14.5. The van der Waals surface area contributed by atoms with Crippen LogP contribution in [0, 0.1) is 6.92 Å². The molecule has 106 valence electrons. The molecule has 1 atom stereocenters. The van der Waals surface area contributed by atoms with Gasteiger partial charge < -0.3 is 14.8 Å². The third-order valence-electron chi connectivity index (χ3n) is 3.53. The highest BCUT2D eigenvalue weighted by Gasteiger charge is 2.14. The van der Waals surface area contributed by atoms with Crippen molar-refractivity contribution in [3.05, 3.63) is 59.2 Å². The lowest BCUT2D eigenvalue weighted by Crippen LogP contribution is -2.18. The molecule has 0 radical (unpaired) electrons. The number of ether oxygens (including phenoxy) is 2. The molecule has 0 aliphatic heterocycles. The Balaban J connectivity index is 2.35. The van der Waals surface area contributed by atoms with Crippen LogP contribution in [0.15, 0.2) is 42.5 Å². The van der Waals surface area contributed by atoms with Gasteiger partial charge in [-0.25, -0.2) is 0 Å². The van der Waals surface area contributed by atoms with Crippen LogP contribution in [0.25, 0.3) is 0 Å². The second-order valence-electron chi connectivity index (χ2n) is 4.72. The van der Waals surface area contributed by atoms with Gasteiger partial charge >= 0.3 is 0 Å². The van der Waals surface area contributed by atoms with Crippen LogP contribution in [0.5, 0.6) is 11.5 Å². The summed E-state index contributed by atoms with van der Waals surface area (Å²) < 4.78 is 10.5. The normalized spacial score (nSPS) is 12.0. The van der Waals surface area contributed by atoms with Gasteiger partial charge in [0.2, 0.25) is 0 Å². The van der Waals surface area contributed by atoms with E-state index in [0.29, 0.717) is 0 Å². The average molecular weight is 271 g/mol. The molecule has 0 aromatic heterocycles. The van der Waals surface area contributed by atoms with Crippen molar-refractivity contribution in [1.29, 1.82) is 0 Å². The van der Waals surface area contributed by atoms with Crippen molar-refractivity contribution in [3.8, 4) is 11.5 Å². The molecule has 0 fully saturated rings. The van der Waals surface area contributed by atoms with Gasteiger partial charge in [-0.3, -0.25) is 0 Å². The summed E-state index contributed by atoms with van der Waals surface area (Å²) in [7, 11) is 5.34. The number of hydrogen-bond donors (Lipinski definition) is 1. The lowest BCUT2D eigenvalue weighted by atomic mass is 9.95. The summed E-state index contributed by atoms with van der Waals surface area (Å²) in [6, 6.07) is 14.5. The van der Waals surface area contributed by atoms with Crippen molar-refractivity contribution in [2.45, 2.75) is 13.0 Å². The fraction of sp³-hybridized carbons (Fsp3) is 0.294. The van der Waals surface area contributed by atoms with Crippen LogP contribution in [0.3, 0.4) is 0 Å². The van der Waals surface area contributed by atoms with Gasteiger partial charge in [-0.05, 0) is 54.9 Å². The second-order valence-corrected chi connectivity index (χ2v) is 4.72. The molecule has 0 heterocycles. The van der Waals surface area contributed by atoms with E-state index in [1.54, 1.807) is 14.2 Å². The fourth-order valence-corrected chi connectivity index (χ4v) is 2.40. The maximum atomic E-state index is 5.26. The van der Waals surface area contributed by atoms with E-state index in [1.165, 1.54) is 16.7 Å². The van der Waals surface area contributed by atoms with Crippen LogP contribution in [-0.4, -0.2) is 21.3 Å². The summed E-state index contributed by atoms with van der Waals surface area (Å²) in [5.41, 5.74) is 3.67. The minimum Gasteiger partial charge on any atom is -0.497 e. The molecule has 0 bridgehead atoms. The van der Waals surface area contributed by atoms with Gasteiger partial charge in [0, 0.05) is 0 Å². The van der Waals surface area contributed by atoms with E-state index in [2.05, 4.69) is 36.5 Å². The molecule has 20 heavy (non-hydrogen) atoms. The largest absolute Gasteiger partial charge is 0.497 e. The molecule has 0 saturated carbocycles. The molecule has 3 heteroatoms. The molecule has 2 aromatic rings. The average Bonchev–Trinajstić information content (AvgIpc) is 2.50. The van der Waals surface area contributed by atoms with Crippen LogP contribution in [0.1, 0.15) is 22.7 Å². The van der Waals surface area contributed by atoms with Crippen molar-refractivity contribution >= 4 is 0 Å². The summed E-state index contributed by atoms with van der Waals surface area (Å²) in [4.78, 5) is 0. The van der Waals surface area contributed by atoms with Gasteiger partial charge in [0.25, 0.3) is 0 Å². The third kappa shape index (κ3) is 2.94. The van der Waals surface area contributed by atoms with E-state index in [4.69, 9.17) is 9.47 Å². The maximum Gasteiger partial charge on any atom is 0.119 e. The first-order valence-electron chi connectivity index (χ1n) is 6.65. The molecule has 1 unspecified atom stereocenters. The second kappa shape index (κ2) is 6.44. The van der Waals surface area contributed by atoms with Crippen LogP contribution >= 0.6 is 0 Å². The lowest BCUT2D eigenvalue weighted by molar-refractivity contribution is 0.414. The predicted molar refractivity (Wildman–Crippen MR) is 81.6 cm³/mol. The van der Waals surface area contributed by atoms with Gasteiger partial charge in [0.1, 0.15) is 11.5 Å². The van der Waals surface area contributed by atoms with Crippen LogP contribution < -0.4 is 14.8 Å². The standard InChI is InChI=1S/C17H21NO2/c1-12-11-15(20-4)9-10-16(12)17(18-2)13-5-7-14(19-3)8-6-13/h5-11,17-18H,1-4H3. The molecule has 0 amide bonds. The maximum absolute atomic E-state index is 5.26. The number of aryl methyl sites for hydroxylation is 1. The van der Waals surface area contributed by atoms with Crippen molar-refractivity contribution in [3.63, 3.8) is 0 Å². The van der Waals surface area contributed by atoms with Gasteiger partial charge in [-0.1, -0.05) is 18.2 Å². The lowest BCUT2D eigenvalue weighted by Gasteiger charge is -2.20. The van der Waals surface area contributed by atoms with Crippen molar-refractivity contribution in [1.82, 2.24) is 5.32 Å². The van der Waals surface area contributed by atoms with Gasteiger partial charge in [0.15, 0.2) is 0 Å². The summed E-state index contributed by atoms with van der Waals surface area (Å²) in [6.45, 7) is 2.10. The van der Waals surface area contributed by atoms with E-state index in [1.807, 2.05) is 25.2 Å². The Labute approximate surface area is 120 Å². The van der Waals surface area contributed by atoms with Crippen molar-refractivity contribution in [2.75, 3.05) is 21.3 Å². The number of hydrogen-bond acceptors (Lipinski definition) is 3.